The molecule has 106 valence electrons. The zero-order chi connectivity index (χ0) is 14.3. The van der Waals surface area contributed by atoms with Crippen LogP contribution in [-0.4, -0.2) is 30.4 Å². The number of nitrogens with two attached hydrogens (primary N) is 1. The fourth-order valence-corrected chi connectivity index (χ4v) is 2.03. The molecule has 0 bridgehead atoms. The number of carbonyl (C=O) groups excluding carboxylic acids is 1. The van der Waals surface area contributed by atoms with Gasteiger partial charge in [-0.25, -0.2) is 0 Å². The summed E-state index contributed by atoms with van der Waals surface area (Å²) in [5.74, 6) is -0.0384. The SMILES string of the molecule is CCCN(CC)CCC(=O)Nc1cc(Cl)ccc1N. The van der Waals surface area contributed by atoms with Gasteiger partial charge in [-0.05, 0) is 37.7 Å². The van der Waals surface area contributed by atoms with Gasteiger partial charge in [-0.2, -0.15) is 0 Å². The maximum Gasteiger partial charge on any atom is 0.225 e. The zero-order valence-electron chi connectivity index (χ0n) is 11.6. The van der Waals surface area contributed by atoms with E-state index in [0.717, 1.165) is 26.1 Å². The van der Waals surface area contributed by atoms with Gasteiger partial charge in [-0.3, -0.25) is 4.79 Å². The minimum Gasteiger partial charge on any atom is -0.397 e. The van der Waals surface area contributed by atoms with E-state index in [2.05, 4.69) is 24.1 Å². The smallest absolute Gasteiger partial charge is 0.225 e. The number of carbonyl (C=O) groups is 1. The van der Waals surface area contributed by atoms with E-state index in [-0.39, 0.29) is 5.91 Å². The number of halogens is 1. The Bertz CT molecular complexity index is 423. The van der Waals surface area contributed by atoms with E-state index in [1.807, 2.05) is 0 Å². The first-order chi connectivity index (χ1) is 9.06. The number of anilines is 2. The van der Waals surface area contributed by atoms with Gasteiger partial charge in [0, 0.05) is 18.0 Å². The molecular weight excluding hydrogens is 262 g/mol. The fraction of sp³-hybridized carbons (Fsp3) is 0.500. The van der Waals surface area contributed by atoms with Gasteiger partial charge >= 0.3 is 0 Å². The number of amides is 1. The van der Waals surface area contributed by atoms with Gasteiger partial charge in [-0.1, -0.05) is 25.4 Å². The largest absolute Gasteiger partial charge is 0.397 e. The first kappa shape index (κ1) is 15.8. The summed E-state index contributed by atoms with van der Waals surface area (Å²) in [7, 11) is 0. The van der Waals surface area contributed by atoms with Crippen molar-refractivity contribution in [1.29, 1.82) is 0 Å². The third-order valence-electron chi connectivity index (χ3n) is 2.93. The second-order valence-corrected chi connectivity index (χ2v) is 4.90. The van der Waals surface area contributed by atoms with Crippen molar-refractivity contribution in [3.8, 4) is 0 Å². The molecule has 19 heavy (non-hydrogen) atoms. The average Bonchev–Trinajstić information content (AvgIpc) is 2.39. The van der Waals surface area contributed by atoms with Crippen LogP contribution in [0.1, 0.15) is 26.7 Å². The van der Waals surface area contributed by atoms with Crippen LogP contribution in [0, 0.1) is 0 Å². The topological polar surface area (TPSA) is 58.4 Å². The van der Waals surface area contributed by atoms with Crippen molar-refractivity contribution < 1.29 is 4.79 Å². The van der Waals surface area contributed by atoms with Gasteiger partial charge < -0.3 is 16.0 Å². The van der Waals surface area contributed by atoms with E-state index >= 15 is 0 Å². The fourth-order valence-electron chi connectivity index (χ4n) is 1.85. The summed E-state index contributed by atoms with van der Waals surface area (Å²) in [4.78, 5) is 14.1. The van der Waals surface area contributed by atoms with E-state index in [9.17, 15) is 4.79 Å². The number of hydrogen-bond donors (Lipinski definition) is 2. The number of benzene rings is 1. The molecule has 0 saturated carbocycles. The highest BCUT2D eigenvalue weighted by Crippen LogP contribution is 2.22. The second kappa shape index (κ2) is 8.02. The molecule has 1 rings (SSSR count). The third kappa shape index (κ3) is 5.49. The number of rotatable bonds is 7. The number of nitrogens with zero attached hydrogens (tertiary/aromatic N) is 1. The van der Waals surface area contributed by atoms with Crippen LogP contribution in [0.5, 0.6) is 0 Å². The molecule has 5 heteroatoms. The molecule has 3 N–H and O–H groups in total. The van der Waals surface area contributed by atoms with Crippen LogP contribution in [0.25, 0.3) is 0 Å². The van der Waals surface area contributed by atoms with Crippen molar-refractivity contribution in [2.24, 2.45) is 0 Å². The highest BCUT2D eigenvalue weighted by Gasteiger charge is 2.08. The first-order valence-corrected chi connectivity index (χ1v) is 7.01. The van der Waals surface area contributed by atoms with Crippen molar-refractivity contribution >= 4 is 28.9 Å². The van der Waals surface area contributed by atoms with Crippen LogP contribution >= 0.6 is 11.6 Å². The van der Waals surface area contributed by atoms with Gasteiger partial charge in [0.15, 0.2) is 0 Å². The molecule has 0 fully saturated rings. The van der Waals surface area contributed by atoms with E-state index in [0.29, 0.717) is 22.8 Å². The summed E-state index contributed by atoms with van der Waals surface area (Å²) in [6, 6.07) is 5.05. The van der Waals surface area contributed by atoms with E-state index in [1.165, 1.54) is 0 Å². The lowest BCUT2D eigenvalue weighted by atomic mass is 10.2. The Labute approximate surface area is 119 Å². The van der Waals surface area contributed by atoms with Crippen molar-refractivity contribution in [3.05, 3.63) is 23.2 Å². The quantitative estimate of drug-likeness (QED) is 0.757. The van der Waals surface area contributed by atoms with Gasteiger partial charge in [0.2, 0.25) is 5.91 Å². The number of nitrogen functional groups attached to an aromatic ring is 1. The summed E-state index contributed by atoms with van der Waals surface area (Å²) < 4.78 is 0. The van der Waals surface area contributed by atoms with Gasteiger partial charge in [0.1, 0.15) is 0 Å². The maximum atomic E-state index is 11.9. The Balaban J connectivity index is 2.48. The highest BCUT2D eigenvalue weighted by molar-refractivity contribution is 6.31. The molecule has 0 spiro atoms. The van der Waals surface area contributed by atoms with E-state index < -0.39 is 0 Å². The van der Waals surface area contributed by atoms with E-state index in [1.54, 1.807) is 18.2 Å². The van der Waals surface area contributed by atoms with Crippen LogP contribution < -0.4 is 11.1 Å². The predicted octanol–water partition coefficient (Wildman–Crippen LogP) is 2.98. The molecule has 0 saturated heterocycles. The molecule has 0 radical (unpaired) electrons. The summed E-state index contributed by atoms with van der Waals surface area (Å²) in [6.07, 6.45) is 1.55. The summed E-state index contributed by atoms with van der Waals surface area (Å²) in [5.41, 5.74) is 6.89. The molecule has 1 amide bonds. The molecule has 0 aliphatic carbocycles. The summed E-state index contributed by atoms with van der Waals surface area (Å²) >= 11 is 5.88. The van der Waals surface area contributed by atoms with Crippen molar-refractivity contribution in [3.63, 3.8) is 0 Å². The van der Waals surface area contributed by atoms with Gasteiger partial charge in [0.05, 0.1) is 11.4 Å². The van der Waals surface area contributed by atoms with Gasteiger partial charge in [0.25, 0.3) is 0 Å². The third-order valence-corrected chi connectivity index (χ3v) is 3.17. The lowest BCUT2D eigenvalue weighted by Crippen LogP contribution is -2.28. The zero-order valence-corrected chi connectivity index (χ0v) is 12.3. The Morgan fingerprint density at radius 3 is 2.74 bits per heavy atom. The van der Waals surface area contributed by atoms with Crippen molar-refractivity contribution in [2.45, 2.75) is 26.7 Å². The molecule has 0 aliphatic rings. The standard InChI is InChI=1S/C14H22ClN3O/c1-3-8-18(4-2)9-7-14(19)17-13-10-11(15)5-6-12(13)16/h5-6,10H,3-4,7-9,16H2,1-2H3,(H,17,19). The molecule has 0 aromatic heterocycles. The molecule has 0 aliphatic heterocycles. The molecule has 4 nitrogen and oxygen atoms in total. The van der Waals surface area contributed by atoms with Crippen LogP contribution in [0.15, 0.2) is 18.2 Å². The van der Waals surface area contributed by atoms with Gasteiger partial charge in [-0.15, -0.1) is 0 Å². The Kier molecular flexibility index (Phi) is 6.67. The van der Waals surface area contributed by atoms with E-state index in [4.69, 9.17) is 17.3 Å². The summed E-state index contributed by atoms with van der Waals surface area (Å²) in [6.45, 7) is 6.97. The molecular formula is C14H22ClN3O. The van der Waals surface area contributed by atoms with Crippen LogP contribution in [-0.2, 0) is 4.79 Å². The minimum atomic E-state index is -0.0384. The number of nitrogens with one attached hydrogen (secondary N) is 1. The minimum absolute atomic E-state index is 0.0384. The monoisotopic (exact) mass is 283 g/mol. The predicted molar refractivity (Wildman–Crippen MR) is 81.5 cm³/mol. The molecule has 0 heterocycles. The molecule has 0 atom stereocenters. The lowest BCUT2D eigenvalue weighted by Gasteiger charge is -2.19. The van der Waals surface area contributed by atoms with Crippen LogP contribution in [0.2, 0.25) is 5.02 Å². The Morgan fingerprint density at radius 2 is 2.11 bits per heavy atom. The molecule has 1 aromatic rings. The normalized spacial score (nSPS) is 10.7. The van der Waals surface area contributed by atoms with Crippen LogP contribution in [0.4, 0.5) is 11.4 Å². The maximum absolute atomic E-state index is 11.9. The highest BCUT2D eigenvalue weighted by atomic mass is 35.5. The molecule has 1 aromatic carbocycles. The van der Waals surface area contributed by atoms with Crippen molar-refractivity contribution in [1.82, 2.24) is 4.90 Å². The van der Waals surface area contributed by atoms with Crippen molar-refractivity contribution in [2.75, 3.05) is 30.7 Å². The van der Waals surface area contributed by atoms with Crippen LogP contribution in [0.3, 0.4) is 0 Å². The first-order valence-electron chi connectivity index (χ1n) is 6.64. The average molecular weight is 284 g/mol. The molecule has 0 unspecified atom stereocenters. The Morgan fingerprint density at radius 1 is 1.37 bits per heavy atom. The number of hydrogen-bond acceptors (Lipinski definition) is 3. The summed E-state index contributed by atoms with van der Waals surface area (Å²) in [5, 5.41) is 3.36. The Hall–Kier alpha value is -1.26. The second-order valence-electron chi connectivity index (χ2n) is 4.46. The lowest BCUT2D eigenvalue weighted by molar-refractivity contribution is -0.116.